The van der Waals surface area contributed by atoms with Crippen molar-refractivity contribution in [2.45, 2.75) is 13.5 Å². The van der Waals surface area contributed by atoms with E-state index in [9.17, 15) is 4.79 Å². The molecule has 6 heteroatoms. The van der Waals surface area contributed by atoms with Crippen molar-refractivity contribution < 1.29 is 9.21 Å². The Morgan fingerprint density at radius 2 is 2.04 bits per heavy atom. The van der Waals surface area contributed by atoms with Gasteiger partial charge in [0.2, 0.25) is 0 Å². The summed E-state index contributed by atoms with van der Waals surface area (Å²) < 4.78 is 6.48. The van der Waals surface area contributed by atoms with Gasteiger partial charge in [-0.05, 0) is 48.9 Å². The molecule has 2 aromatic carbocycles. The third kappa shape index (κ3) is 3.23. The van der Waals surface area contributed by atoms with E-state index in [1.807, 2.05) is 25.1 Å². The fraction of sp³-hybridized carbons (Fsp3) is 0.100. The molecular weight excluding hydrogens is 368 g/mol. The molecular formula is C20H15ClN2O2S. The Hall–Kier alpha value is -2.63. The van der Waals surface area contributed by atoms with E-state index in [-0.39, 0.29) is 12.5 Å². The number of hydrogen-bond acceptors (Lipinski definition) is 4. The summed E-state index contributed by atoms with van der Waals surface area (Å²) in [5.41, 5.74) is 2.46. The number of carbonyl (C=O) groups excluding carboxylic acids is 1. The molecule has 0 saturated carbocycles. The van der Waals surface area contributed by atoms with Gasteiger partial charge in [-0.3, -0.25) is 9.69 Å². The van der Waals surface area contributed by atoms with Crippen LogP contribution in [0.1, 0.15) is 21.7 Å². The smallest absolute Gasteiger partial charge is 0.262 e. The summed E-state index contributed by atoms with van der Waals surface area (Å²) in [6, 6.07) is 16.7. The molecule has 0 radical (unpaired) electrons. The molecule has 130 valence electrons. The van der Waals surface area contributed by atoms with E-state index in [1.165, 1.54) is 11.3 Å². The van der Waals surface area contributed by atoms with Crippen LogP contribution in [0.3, 0.4) is 0 Å². The molecule has 4 nitrogen and oxygen atoms in total. The molecule has 0 aliphatic heterocycles. The lowest BCUT2D eigenvalue weighted by atomic mass is 10.2. The lowest BCUT2D eigenvalue weighted by Gasteiger charge is -2.19. The molecule has 0 saturated heterocycles. The quantitative estimate of drug-likeness (QED) is 0.455. The van der Waals surface area contributed by atoms with Crippen LogP contribution in [0.25, 0.3) is 10.2 Å². The molecule has 0 bridgehead atoms. The summed E-state index contributed by atoms with van der Waals surface area (Å²) in [6.45, 7) is 2.32. The normalized spacial score (nSPS) is 11.0. The van der Waals surface area contributed by atoms with Gasteiger partial charge in [-0.25, -0.2) is 4.98 Å². The first-order chi connectivity index (χ1) is 12.6. The second-order valence-corrected chi connectivity index (χ2v) is 7.33. The maximum absolute atomic E-state index is 13.2. The molecule has 2 aromatic heterocycles. The number of anilines is 1. The predicted octanol–water partition coefficient (Wildman–Crippen LogP) is 5.70. The largest absolute Gasteiger partial charge is 0.467 e. The van der Waals surface area contributed by atoms with E-state index >= 15 is 0 Å². The SMILES string of the molecule is Cc1ccc2nc(N(Cc3ccco3)C(=O)c3ccccc3Cl)sc2c1. The summed E-state index contributed by atoms with van der Waals surface area (Å²) in [4.78, 5) is 19.5. The fourth-order valence-electron chi connectivity index (χ4n) is 2.70. The van der Waals surface area contributed by atoms with Gasteiger partial charge in [0.1, 0.15) is 5.76 Å². The second-order valence-electron chi connectivity index (χ2n) is 5.92. The van der Waals surface area contributed by atoms with Crippen molar-refractivity contribution in [3.63, 3.8) is 0 Å². The van der Waals surface area contributed by atoms with Gasteiger partial charge in [0.15, 0.2) is 5.13 Å². The van der Waals surface area contributed by atoms with E-state index in [0.29, 0.717) is 21.5 Å². The third-order valence-corrected chi connectivity index (χ3v) is 5.38. The minimum atomic E-state index is -0.206. The maximum Gasteiger partial charge on any atom is 0.262 e. The number of nitrogens with zero attached hydrogens (tertiary/aromatic N) is 2. The lowest BCUT2D eigenvalue weighted by Crippen LogP contribution is -2.30. The van der Waals surface area contributed by atoms with Crippen molar-refractivity contribution in [1.29, 1.82) is 0 Å². The van der Waals surface area contributed by atoms with Crippen molar-refractivity contribution in [2.75, 3.05) is 4.90 Å². The minimum absolute atomic E-state index is 0.206. The Kier molecular flexibility index (Phi) is 4.49. The van der Waals surface area contributed by atoms with E-state index in [0.717, 1.165) is 15.8 Å². The number of halogens is 1. The Morgan fingerprint density at radius 3 is 2.81 bits per heavy atom. The molecule has 1 amide bonds. The lowest BCUT2D eigenvalue weighted by molar-refractivity contribution is 0.0983. The van der Waals surface area contributed by atoms with Crippen LogP contribution in [0.15, 0.2) is 65.3 Å². The molecule has 4 aromatic rings. The predicted molar refractivity (Wildman–Crippen MR) is 105 cm³/mol. The first-order valence-electron chi connectivity index (χ1n) is 8.08. The van der Waals surface area contributed by atoms with Gasteiger partial charge >= 0.3 is 0 Å². The highest BCUT2D eigenvalue weighted by Crippen LogP contribution is 2.32. The molecule has 2 heterocycles. The third-order valence-electron chi connectivity index (χ3n) is 4.01. The molecule has 0 atom stereocenters. The van der Waals surface area contributed by atoms with Crippen molar-refractivity contribution in [3.05, 3.63) is 82.8 Å². The highest BCUT2D eigenvalue weighted by atomic mass is 35.5. The summed E-state index contributed by atoms with van der Waals surface area (Å²) in [7, 11) is 0. The summed E-state index contributed by atoms with van der Waals surface area (Å²) >= 11 is 7.72. The fourth-order valence-corrected chi connectivity index (χ4v) is 3.98. The zero-order valence-electron chi connectivity index (χ0n) is 14.0. The number of amides is 1. The van der Waals surface area contributed by atoms with E-state index in [1.54, 1.807) is 41.5 Å². The van der Waals surface area contributed by atoms with Crippen molar-refractivity contribution in [1.82, 2.24) is 4.98 Å². The maximum atomic E-state index is 13.2. The van der Waals surface area contributed by atoms with Gasteiger partial charge in [0, 0.05) is 0 Å². The molecule has 0 fully saturated rings. The average molecular weight is 383 g/mol. The number of rotatable bonds is 4. The van der Waals surface area contributed by atoms with Crippen LogP contribution in [0, 0.1) is 6.92 Å². The van der Waals surface area contributed by atoms with Crippen LogP contribution in [0.4, 0.5) is 5.13 Å². The Labute approximate surface area is 159 Å². The van der Waals surface area contributed by atoms with Gasteiger partial charge in [0.05, 0.1) is 33.6 Å². The van der Waals surface area contributed by atoms with Gasteiger partial charge in [-0.15, -0.1) is 0 Å². The van der Waals surface area contributed by atoms with Gasteiger partial charge in [-0.1, -0.05) is 41.1 Å². The zero-order valence-corrected chi connectivity index (χ0v) is 15.6. The van der Waals surface area contributed by atoms with E-state index in [4.69, 9.17) is 16.0 Å². The topological polar surface area (TPSA) is 46.3 Å². The van der Waals surface area contributed by atoms with Gasteiger partial charge < -0.3 is 4.42 Å². The van der Waals surface area contributed by atoms with Crippen molar-refractivity contribution in [2.24, 2.45) is 0 Å². The minimum Gasteiger partial charge on any atom is -0.467 e. The van der Waals surface area contributed by atoms with Gasteiger partial charge in [-0.2, -0.15) is 0 Å². The Bertz CT molecular complexity index is 1070. The van der Waals surface area contributed by atoms with Crippen LogP contribution in [-0.2, 0) is 6.54 Å². The molecule has 0 unspecified atom stereocenters. The van der Waals surface area contributed by atoms with E-state index < -0.39 is 0 Å². The van der Waals surface area contributed by atoms with Crippen molar-refractivity contribution >= 4 is 44.2 Å². The monoisotopic (exact) mass is 382 g/mol. The van der Waals surface area contributed by atoms with Crippen LogP contribution >= 0.6 is 22.9 Å². The highest BCUT2D eigenvalue weighted by Gasteiger charge is 2.24. The number of furan rings is 1. The molecule has 26 heavy (non-hydrogen) atoms. The number of benzene rings is 2. The number of fused-ring (bicyclic) bond motifs is 1. The molecule has 0 aliphatic carbocycles. The Balaban J connectivity index is 1.79. The van der Waals surface area contributed by atoms with Gasteiger partial charge in [0.25, 0.3) is 5.91 Å². The van der Waals surface area contributed by atoms with Crippen LogP contribution in [-0.4, -0.2) is 10.9 Å². The molecule has 0 N–H and O–H groups in total. The first kappa shape index (κ1) is 16.8. The van der Waals surface area contributed by atoms with Crippen molar-refractivity contribution in [3.8, 4) is 0 Å². The highest BCUT2D eigenvalue weighted by molar-refractivity contribution is 7.22. The molecule has 0 spiro atoms. The second kappa shape index (κ2) is 6.94. The molecule has 4 rings (SSSR count). The number of thiazole rings is 1. The summed E-state index contributed by atoms with van der Waals surface area (Å²) in [6.07, 6.45) is 1.59. The number of aryl methyl sites for hydroxylation is 1. The zero-order chi connectivity index (χ0) is 18.1. The first-order valence-corrected chi connectivity index (χ1v) is 9.27. The van der Waals surface area contributed by atoms with Crippen LogP contribution < -0.4 is 4.90 Å². The standard InChI is InChI=1S/C20H15ClN2O2S/c1-13-8-9-17-18(11-13)26-20(22-17)23(12-14-5-4-10-25-14)19(24)15-6-2-3-7-16(15)21/h2-11H,12H2,1H3. The van der Waals surface area contributed by atoms with Crippen LogP contribution in [0.2, 0.25) is 5.02 Å². The summed E-state index contributed by atoms with van der Waals surface area (Å²) in [5, 5.41) is 1.03. The van der Waals surface area contributed by atoms with E-state index in [2.05, 4.69) is 11.1 Å². The number of hydrogen-bond donors (Lipinski definition) is 0. The summed E-state index contributed by atoms with van der Waals surface area (Å²) in [5.74, 6) is 0.476. The number of carbonyl (C=O) groups is 1. The molecule has 0 aliphatic rings. The Morgan fingerprint density at radius 1 is 1.19 bits per heavy atom. The number of aromatic nitrogens is 1. The average Bonchev–Trinajstić information content (AvgIpc) is 3.28. The van der Waals surface area contributed by atoms with Crippen LogP contribution in [0.5, 0.6) is 0 Å².